The van der Waals surface area contributed by atoms with Crippen LogP contribution in [0.25, 0.3) is 0 Å². The van der Waals surface area contributed by atoms with Crippen LogP contribution < -0.4 is 175 Å². The third-order valence-corrected chi connectivity index (χ3v) is 0. The van der Waals surface area contributed by atoms with E-state index >= 15 is 0 Å². The second-order valence-electron chi connectivity index (χ2n) is 0.751. The van der Waals surface area contributed by atoms with E-state index in [2.05, 4.69) is 0 Å². The molecule has 0 amide bonds. The van der Waals surface area contributed by atoms with Crippen molar-refractivity contribution in [2.45, 2.75) is 0 Å². The van der Waals surface area contributed by atoms with E-state index in [4.69, 9.17) is 34.3 Å². The molecular formula is CH3Cl2KNa3O7P. The smallest absolute Gasteiger partial charge is 1.00 e. The average Bonchev–Trinajstić information content (AvgIpc) is 1.19. The largest absolute Gasteiger partial charge is 1.00 e. The number of carboxylic acid groups (broad SMARTS) is 2. The molecule has 0 rings (SSSR count). The van der Waals surface area contributed by atoms with E-state index in [1.807, 2.05) is 0 Å². The fourth-order valence-corrected chi connectivity index (χ4v) is 0. The van der Waals surface area contributed by atoms with Crippen LogP contribution in [0.3, 0.4) is 0 Å². The number of phosphoric acid groups is 1. The molecule has 3 N–H and O–H groups in total. The SMILES string of the molecule is O=C(O)O.O=P([O-])([O-])O.[Cl-].[Cl-].[K+].[Na+].[Na+].[Na+]. The number of hydrogen-bond acceptors (Lipinski definition) is 4. The van der Waals surface area contributed by atoms with Crippen molar-refractivity contribution in [3.63, 3.8) is 0 Å². The van der Waals surface area contributed by atoms with Gasteiger partial charge in [0.05, 0.1) is 7.82 Å². The molecule has 0 fully saturated rings. The number of rotatable bonds is 0. The maximum atomic E-state index is 8.66. The molecule has 15 heavy (non-hydrogen) atoms. The number of halogens is 2. The van der Waals surface area contributed by atoms with Crippen LogP contribution in [0.1, 0.15) is 0 Å². The van der Waals surface area contributed by atoms with E-state index < -0.39 is 14.0 Å². The summed E-state index contributed by atoms with van der Waals surface area (Å²) in [4.78, 5) is 32.8. The second kappa shape index (κ2) is 31.1. The molecule has 0 bridgehead atoms. The molecule has 0 aromatic rings. The first kappa shape index (κ1) is 50.4. The Morgan fingerprint density at radius 3 is 1.00 bits per heavy atom. The van der Waals surface area contributed by atoms with E-state index in [0.717, 1.165) is 0 Å². The molecule has 0 aliphatic heterocycles. The normalized spacial score (nSPS) is 5.53. The minimum absolute atomic E-state index is 0. The molecule has 0 unspecified atom stereocenters. The summed E-state index contributed by atoms with van der Waals surface area (Å²) in [7, 11) is -5.14. The van der Waals surface area contributed by atoms with Crippen molar-refractivity contribution < 1.29 is 199 Å². The van der Waals surface area contributed by atoms with Gasteiger partial charge in [-0.2, -0.15) is 0 Å². The third-order valence-electron chi connectivity index (χ3n) is 0. The van der Waals surface area contributed by atoms with Gasteiger partial charge in [0.15, 0.2) is 0 Å². The summed E-state index contributed by atoms with van der Waals surface area (Å²) in [6.45, 7) is 0. The summed E-state index contributed by atoms with van der Waals surface area (Å²) in [6.07, 6.45) is -1.83. The van der Waals surface area contributed by atoms with Crippen molar-refractivity contribution in [3.05, 3.63) is 0 Å². The van der Waals surface area contributed by atoms with Crippen molar-refractivity contribution >= 4 is 14.0 Å². The maximum Gasteiger partial charge on any atom is 1.00 e. The molecule has 0 aromatic heterocycles. The van der Waals surface area contributed by atoms with E-state index in [9.17, 15) is 0 Å². The van der Waals surface area contributed by atoms with Crippen molar-refractivity contribution in [1.82, 2.24) is 0 Å². The van der Waals surface area contributed by atoms with Crippen LogP contribution in [0.4, 0.5) is 4.79 Å². The molecular weight excluding hydrogens is 334 g/mol. The van der Waals surface area contributed by atoms with Crippen LogP contribution in [0.15, 0.2) is 0 Å². The Morgan fingerprint density at radius 1 is 1.00 bits per heavy atom. The molecule has 0 aliphatic carbocycles. The first-order valence-electron chi connectivity index (χ1n) is 1.40. The van der Waals surface area contributed by atoms with Gasteiger partial charge in [0, 0.05) is 0 Å². The van der Waals surface area contributed by atoms with Gasteiger partial charge in [-0.05, 0) is 0 Å². The molecule has 0 saturated heterocycles. The zero-order chi connectivity index (χ0) is 8.08. The van der Waals surface area contributed by atoms with Gasteiger partial charge in [-0.25, -0.2) is 4.79 Å². The molecule has 0 spiro atoms. The summed E-state index contributed by atoms with van der Waals surface area (Å²) < 4.78 is 8.66. The Kier molecular flexibility index (Phi) is 105. The van der Waals surface area contributed by atoms with E-state index in [-0.39, 0.29) is 165 Å². The molecule has 0 atom stereocenters. The van der Waals surface area contributed by atoms with E-state index in [1.54, 1.807) is 0 Å². The first-order valence-corrected chi connectivity index (χ1v) is 2.89. The van der Waals surface area contributed by atoms with Gasteiger partial charge in [-0.3, -0.25) is 0 Å². The van der Waals surface area contributed by atoms with Gasteiger partial charge in [-0.15, -0.1) is 0 Å². The van der Waals surface area contributed by atoms with Gasteiger partial charge in [0.1, 0.15) is 0 Å². The summed E-state index contributed by atoms with van der Waals surface area (Å²) in [5.41, 5.74) is 0. The predicted molar refractivity (Wildman–Crippen MR) is 20.5 cm³/mol. The quantitative estimate of drug-likeness (QED) is 0.294. The van der Waals surface area contributed by atoms with Crippen LogP contribution in [0, 0.1) is 0 Å². The molecule has 0 aromatic carbocycles. The first-order chi connectivity index (χ1) is 3.73. The second-order valence-corrected chi connectivity index (χ2v) is 1.69. The minimum atomic E-state index is -5.14. The van der Waals surface area contributed by atoms with Crippen LogP contribution in [0.2, 0.25) is 0 Å². The fourth-order valence-electron chi connectivity index (χ4n) is 0. The Bertz CT molecular complexity index is 132. The topological polar surface area (TPSA) is 141 Å². The molecule has 7 nitrogen and oxygen atoms in total. The van der Waals surface area contributed by atoms with E-state index in [1.165, 1.54) is 0 Å². The monoisotopic (exact) mass is 336 g/mol. The molecule has 72 valence electrons. The van der Waals surface area contributed by atoms with Crippen molar-refractivity contribution in [2.75, 3.05) is 0 Å². The molecule has 0 heterocycles. The summed E-state index contributed by atoms with van der Waals surface area (Å²) in [5.74, 6) is 0. The number of hydrogen-bond donors (Lipinski definition) is 3. The molecule has 0 aliphatic rings. The van der Waals surface area contributed by atoms with Crippen LogP contribution in [-0.4, -0.2) is 21.3 Å². The molecule has 14 heteroatoms. The Hall–Kier alpha value is 4.60. The molecule has 0 saturated carbocycles. The van der Waals surface area contributed by atoms with Crippen molar-refractivity contribution in [1.29, 1.82) is 0 Å². The van der Waals surface area contributed by atoms with Crippen LogP contribution in [0.5, 0.6) is 0 Å². The van der Waals surface area contributed by atoms with Gasteiger partial charge in [0.25, 0.3) is 0 Å². The number of carbonyl (C=O) groups is 1. The zero-order valence-corrected chi connectivity index (χ0v) is 20.2. The Labute approximate surface area is 208 Å². The standard InChI is InChI=1S/CH2O3.2ClH.K.3Na.H3O4P/c2-1(3)4;;;;;;;1-5(2,3)4/h(H2,2,3,4);2*1H;;;;;(H3,1,2,3,4)/q;;;4*+1;/p-4. The Balaban J connectivity index is -0.00000000785. The van der Waals surface area contributed by atoms with Crippen LogP contribution in [-0.2, 0) is 4.57 Å². The van der Waals surface area contributed by atoms with Gasteiger partial charge >= 0.3 is 146 Å². The van der Waals surface area contributed by atoms with Crippen molar-refractivity contribution in [2.24, 2.45) is 0 Å². The molecule has 0 radical (unpaired) electrons. The third kappa shape index (κ3) is 242. The average molecular weight is 337 g/mol. The van der Waals surface area contributed by atoms with Gasteiger partial charge in [0.2, 0.25) is 0 Å². The predicted octanol–water partition coefficient (Wildman–Crippen LogP) is -19.9. The van der Waals surface area contributed by atoms with Gasteiger partial charge in [-0.1, -0.05) is 0 Å². The summed E-state index contributed by atoms with van der Waals surface area (Å²) >= 11 is 0. The van der Waals surface area contributed by atoms with Gasteiger partial charge < -0.3 is 54.3 Å². The Morgan fingerprint density at radius 2 is 1.00 bits per heavy atom. The maximum absolute atomic E-state index is 8.66. The summed E-state index contributed by atoms with van der Waals surface area (Å²) in [5, 5.41) is 13.9. The fraction of sp³-hybridized carbons (Fsp3) is 0. The minimum Gasteiger partial charge on any atom is -1.00 e. The van der Waals surface area contributed by atoms with Crippen molar-refractivity contribution in [3.8, 4) is 0 Å². The zero-order valence-electron chi connectivity index (χ0n) is 8.68. The summed E-state index contributed by atoms with van der Waals surface area (Å²) in [6, 6.07) is 0. The van der Waals surface area contributed by atoms with E-state index in [0.29, 0.717) is 0 Å². The van der Waals surface area contributed by atoms with Crippen LogP contribution >= 0.6 is 7.82 Å².